The van der Waals surface area contributed by atoms with Gasteiger partial charge < -0.3 is 15.6 Å². The molecule has 0 aliphatic rings. The van der Waals surface area contributed by atoms with Crippen LogP contribution in [0.2, 0.25) is 0 Å². The maximum absolute atomic E-state index is 12.5. The Morgan fingerprint density at radius 3 is 2.12 bits per heavy atom. The van der Waals surface area contributed by atoms with E-state index in [0.29, 0.717) is 11.8 Å². The van der Waals surface area contributed by atoms with E-state index >= 15 is 0 Å². The molecule has 10 nitrogen and oxygen atoms in total. The highest BCUT2D eigenvalue weighted by Crippen LogP contribution is 2.30. The standard InChI is InChI=1S/C23H22N4O6S/c1-16(18-8-10-20(11-9-18)19-6-4-3-5-7-19)14-17(2)24-25-34(32,33)21-12-13-22(26(28)29)23(15-21)27(30)31/h3-15,25,28-29H,1-2H3/q-2. The summed E-state index contributed by atoms with van der Waals surface area (Å²) < 4.78 is 25.0. The smallest absolute Gasteiger partial charge is 0.276 e. The van der Waals surface area contributed by atoms with Crippen molar-refractivity contribution in [3.63, 3.8) is 0 Å². The van der Waals surface area contributed by atoms with E-state index in [1.165, 1.54) is 0 Å². The van der Waals surface area contributed by atoms with Gasteiger partial charge in [-0.25, -0.2) is 0 Å². The lowest BCUT2D eigenvalue weighted by Crippen LogP contribution is -2.21. The molecule has 3 aromatic carbocycles. The normalized spacial score (nSPS) is 12.4. The maximum Gasteiger partial charge on any atom is 0.276 e. The fourth-order valence-corrected chi connectivity index (χ4v) is 4.04. The maximum atomic E-state index is 12.5. The highest BCUT2D eigenvalue weighted by molar-refractivity contribution is 7.89. The quantitative estimate of drug-likeness (QED) is 0.313. The van der Waals surface area contributed by atoms with Gasteiger partial charge in [0.05, 0.1) is 10.6 Å². The van der Waals surface area contributed by atoms with E-state index < -0.39 is 36.7 Å². The molecule has 178 valence electrons. The fraction of sp³-hybridized carbons (Fsp3) is 0.0870. The van der Waals surface area contributed by atoms with E-state index in [9.17, 15) is 18.8 Å². The second-order valence-corrected chi connectivity index (χ2v) is 8.98. The third-order valence-electron chi connectivity index (χ3n) is 4.88. The zero-order valence-electron chi connectivity index (χ0n) is 18.3. The number of benzene rings is 3. The van der Waals surface area contributed by atoms with Gasteiger partial charge in [0, 0.05) is 5.69 Å². The topological polar surface area (TPSA) is 152 Å². The summed E-state index contributed by atoms with van der Waals surface area (Å²) in [6.07, 6.45) is 1.70. The first kappa shape index (κ1) is 24.9. The molecule has 3 N–H and O–H groups in total. The van der Waals surface area contributed by atoms with Crippen molar-refractivity contribution >= 4 is 32.7 Å². The van der Waals surface area contributed by atoms with Crippen LogP contribution in [0.15, 0.2) is 88.9 Å². The second kappa shape index (κ2) is 10.5. The SMILES string of the molecule is CC(=CC(C)=NNS(=O)(=O)c1ccc(N(O)O)c(N([O-])[O-])c1)c1ccc(-c2ccccc2)cc1. The molecule has 0 radical (unpaired) electrons. The van der Waals surface area contributed by atoms with Gasteiger partial charge in [0.25, 0.3) is 10.0 Å². The van der Waals surface area contributed by atoms with Crippen molar-refractivity contribution in [2.24, 2.45) is 5.10 Å². The van der Waals surface area contributed by atoms with E-state index in [1.54, 1.807) is 13.0 Å². The molecule has 0 saturated heterocycles. The van der Waals surface area contributed by atoms with Crippen LogP contribution in [0.4, 0.5) is 11.4 Å². The van der Waals surface area contributed by atoms with Crippen molar-refractivity contribution in [1.29, 1.82) is 0 Å². The number of allylic oxidation sites excluding steroid dienone is 2. The van der Waals surface area contributed by atoms with Crippen molar-refractivity contribution in [1.82, 2.24) is 4.83 Å². The van der Waals surface area contributed by atoms with Crippen molar-refractivity contribution in [2.75, 3.05) is 10.5 Å². The zero-order chi connectivity index (χ0) is 24.9. The summed E-state index contributed by atoms with van der Waals surface area (Å²) >= 11 is 0. The van der Waals surface area contributed by atoms with Gasteiger partial charge in [0.15, 0.2) is 0 Å². The Morgan fingerprint density at radius 1 is 0.912 bits per heavy atom. The molecule has 0 aliphatic heterocycles. The monoisotopic (exact) mass is 482 g/mol. The molecule has 0 aromatic heterocycles. The molecule has 0 atom stereocenters. The predicted octanol–water partition coefficient (Wildman–Crippen LogP) is 4.50. The lowest BCUT2D eigenvalue weighted by Gasteiger charge is -2.39. The highest BCUT2D eigenvalue weighted by Gasteiger charge is 2.17. The molecular weight excluding hydrogens is 460 g/mol. The Hall–Kier alpha value is -3.74. The number of nitrogens with one attached hydrogen (secondary N) is 1. The summed E-state index contributed by atoms with van der Waals surface area (Å²) in [7, 11) is -4.24. The summed E-state index contributed by atoms with van der Waals surface area (Å²) in [5.41, 5.74) is 2.93. The van der Waals surface area contributed by atoms with Gasteiger partial charge in [-0.1, -0.05) is 54.6 Å². The largest absolute Gasteiger partial charge is 0.769 e. The van der Waals surface area contributed by atoms with Crippen LogP contribution < -0.4 is 15.3 Å². The number of hydrogen-bond acceptors (Lipinski definition) is 9. The Labute approximate surface area is 196 Å². The van der Waals surface area contributed by atoms with Crippen LogP contribution in [-0.2, 0) is 10.0 Å². The number of rotatable bonds is 8. The van der Waals surface area contributed by atoms with Crippen LogP contribution in [0.3, 0.4) is 0 Å². The predicted molar refractivity (Wildman–Crippen MR) is 131 cm³/mol. The molecule has 11 heteroatoms. The molecule has 3 aromatic rings. The number of anilines is 2. The summed E-state index contributed by atoms with van der Waals surface area (Å²) in [5.74, 6) is 0. The highest BCUT2D eigenvalue weighted by atomic mass is 32.2. The van der Waals surface area contributed by atoms with Gasteiger partial charge in [-0.2, -0.15) is 18.4 Å². The van der Waals surface area contributed by atoms with Gasteiger partial charge in [0.2, 0.25) is 0 Å². The first-order chi connectivity index (χ1) is 16.1. The van der Waals surface area contributed by atoms with Crippen LogP contribution in [0.1, 0.15) is 19.4 Å². The van der Waals surface area contributed by atoms with Crippen LogP contribution in [-0.4, -0.2) is 24.5 Å². The third-order valence-corrected chi connectivity index (χ3v) is 6.09. The second-order valence-electron chi connectivity index (χ2n) is 7.32. The molecule has 0 spiro atoms. The Balaban J connectivity index is 1.77. The Morgan fingerprint density at radius 2 is 1.53 bits per heavy atom. The number of sulfonamides is 1. The minimum Gasteiger partial charge on any atom is -0.769 e. The first-order valence-electron chi connectivity index (χ1n) is 9.95. The summed E-state index contributed by atoms with van der Waals surface area (Å²) in [4.78, 5) is 1.57. The van der Waals surface area contributed by atoms with E-state index in [1.807, 2.05) is 66.4 Å². The van der Waals surface area contributed by atoms with E-state index in [4.69, 9.17) is 10.4 Å². The average molecular weight is 483 g/mol. The molecule has 34 heavy (non-hydrogen) atoms. The first-order valence-corrected chi connectivity index (χ1v) is 11.4. The van der Waals surface area contributed by atoms with Crippen molar-refractivity contribution < 1.29 is 18.8 Å². The van der Waals surface area contributed by atoms with E-state index in [2.05, 4.69) is 5.10 Å². The van der Waals surface area contributed by atoms with Gasteiger partial charge in [-0.3, -0.25) is 10.4 Å². The Kier molecular flexibility index (Phi) is 7.66. The van der Waals surface area contributed by atoms with Crippen LogP contribution in [0.25, 0.3) is 16.7 Å². The molecule has 3 rings (SSSR count). The van der Waals surface area contributed by atoms with E-state index in [-0.39, 0.29) is 0 Å². The molecule has 0 aliphatic carbocycles. The van der Waals surface area contributed by atoms with E-state index in [0.717, 1.165) is 34.4 Å². The summed E-state index contributed by atoms with van der Waals surface area (Å²) in [6, 6.07) is 20.4. The molecule has 0 fully saturated rings. The third kappa shape index (κ3) is 5.98. The molecule has 0 amide bonds. The van der Waals surface area contributed by atoms with Gasteiger partial charge in [-0.05, 0) is 60.4 Å². The van der Waals surface area contributed by atoms with Crippen LogP contribution in [0.5, 0.6) is 0 Å². The van der Waals surface area contributed by atoms with Crippen molar-refractivity contribution in [3.8, 4) is 11.1 Å². The average Bonchev–Trinajstić information content (AvgIpc) is 2.83. The molecule has 0 heterocycles. The fourth-order valence-electron chi connectivity index (χ4n) is 3.16. The zero-order valence-corrected chi connectivity index (χ0v) is 19.1. The minimum atomic E-state index is -4.24. The van der Waals surface area contributed by atoms with Crippen molar-refractivity contribution in [3.05, 3.63) is 94.9 Å². The van der Waals surface area contributed by atoms with Gasteiger partial charge in [-0.15, -0.1) is 5.23 Å². The number of hydrazone groups is 1. The summed E-state index contributed by atoms with van der Waals surface area (Å²) in [6.45, 7) is 3.47. The molecule has 0 bridgehead atoms. The van der Waals surface area contributed by atoms with Crippen LogP contribution >= 0.6 is 0 Å². The number of nitrogens with zero attached hydrogens (tertiary/aromatic N) is 3. The van der Waals surface area contributed by atoms with Crippen molar-refractivity contribution in [2.45, 2.75) is 18.7 Å². The number of hydrogen-bond donors (Lipinski definition) is 3. The minimum absolute atomic E-state index is 0.358. The lowest BCUT2D eigenvalue weighted by molar-refractivity contribution is 0.0294. The van der Waals surface area contributed by atoms with Crippen LogP contribution in [0, 0.1) is 10.4 Å². The molecule has 0 unspecified atom stereocenters. The molecule has 0 saturated carbocycles. The summed E-state index contributed by atoms with van der Waals surface area (Å²) in [5, 5.41) is 42.9. The lowest BCUT2D eigenvalue weighted by atomic mass is 10.0. The van der Waals surface area contributed by atoms with Gasteiger partial charge >= 0.3 is 0 Å². The van der Waals surface area contributed by atoms with Gasteiger partial charge in [0.1, 0.15) is 5.69 Å². The Bertz CT molecular complexity index is 1310. The molecular formula is C23H22N4O6S-2.